The summed E-state index contributed by atoms with van der Waals surface area (Å²) in [5, 5.41) is 17.9. The van der Waals surface area contributed by atoms with Gasteiger partial charge in [0.15, 0.2) is 11.5 Å². The van der Waals surface area contributed by atoms with Crippen molar-refractivity contribution < 1.29 is 9.47 Å². The SMILES string of the molecule is CCOc1c(Cl)cc(C[N-]c2nn[nH]n2)cc1OC. The summed E-state index contributed by atoms with van der Waals surface area (Å²) in [7, 11) is 1.56. The molecule has 0 spiro atoms. The highest BCUT2D eigenvalue weighted by molar-refractivity contribution is 6.32. The fraction of sp³-hybridized carbons (Fsp3) is 0.364. The standard InChI is InChI=1S/C11H13ClN5O2/c1-3-19-10-8(12)4-7(5-9(10)18-2)6-13-11-14-16-17-15-11/h4-5H,3,6H2,1-2H3,(H-,13,14,15,16,17)/q-1. The molecule has 1 aromatic heterocycles. The summed E-state index contributed by atoms with van der Waals surface area (Å²) in [6.07, 6.45) is 0. The first-order valence-electron chi connectivity index (χ1n) is 5.64. The second kappa shape index (κ2) is 6.24. The van der Waals surface area contributed by atoms with E-state index in [-0.39, 0.29) is 0 Å². The lowest BCUT2D eigenvalue weighted by Gasteiger charge is -2.14. The molecule has 0 saturated heterocycles. The number of tetrazole rings is 1. The van der Waals surface area contributed by atoms with E-state index in [2.05, 4.69) is 25.9 Å². The molecule has 0 saturated carbocycles. The van der Waals surface area contributed by atoms with Crippen molar-refractivity contribution in [3.8, 4) is 11.5 Å². The molecule has 0 aliphatic rings. The molecule has 0 atom stereocenters. The largest absolute Gasteiger partial charge is 0.493 e. The molecule has 19 heavy (non-hydrogen) atoms. The maximum atomic E-state index is 6.16. The van der Waals surface area contributed by atoms with Gasteiger partial charge in [0.2, 0.25) is 0 Å². The summed E-state index contributed by atoms with van der Waals surface area (Å²) in [5.74, 6) is 1.41. The molecule has 0 radical (unpaired) electrons. The van der Waals surface area contributed by atoms with Gasteiger partial charge in [0.1, 0.15) is 0 Å². The normalized spacial score (nSPS) is 10.3. The van der Waals surface area contributed by atoms with Crippen molar-refractivity contribution in [3.63, 3.8) is 0 Å². The first-order chi connectivity index (χ1) is 9.24. The Kier molecular flexibility index (Phi) is 4.40. The maximum absolute atomic E-state index is 6.16. The highest BCUT2D eigenvalue weighted by atomic mass is 35.5. The van der Waals surface area contributed by atoms with Crippen molar-refractivity contribution >= 4 is 17.5 Å². The smallest absolute Gasteiger partial charge is 0.179 e. The van der Waals surface area contributed by atoms with E-state index in [9.17, 15) is 0 Å². The van der Waals surface area contributed by atoms with Crippen LogP contribution in [0.15, 0.2) is 12.1 Å². The van der Waals surface area contributed by atoms with Crippen LogP contribution in [0, 0.1) is 0 Å². The molecule has 0 fully saturated rings. The molecular weight excluding hydrogens is 270 g/mol. The van der Waals surface area contributed by atoms with Gasteiger partial charge in [0, 0.05) is 6.54 Å². The third-order valence-corrected chi connectivity index (χ3v) is 2.60. The molecule has 8 heteroatoms. The van der Waals surface area contributed by atoms with Crippen molar-refractivity contribution in [1.29, 1.82) is 0 Å². The molecule has 2 rings (SSSR count). The van der Waals surface area contributed by atoms with Crippen LogP contribution in [0.4, 0.5) is 5.95 Å². The van der Waals surface area contributed by atoms with Crippen molar-refractivity contribution in [3.05, 3.63) is 28.0 Å². The first kappa shape index (κ1) is 13.4. The highest BCUT2D eigenvalue weighted by Crippen LogP contribution is 2.37. The topological polar surface area (TPSA) is 87.0 Å². The Labute approximate surface area is 115 Å². The molecule has 0 bridgehead atoms. The van der Waals surface area contributed by atoms with E-state index in [1.165, 1.54) is 0 Å². The van der Waals surface area contributed by atoms with E-state index in [1.54, 1.807) is 13.2 Å². The van der Waals surface area contributed by atoms with Gasteiger partial charge < -0.3 is 14.8 Å². The summed E-state index contributed by atoms with van der Waals surface area (Å²) in [4.78, 5) is 0. The fourth-order valence-corrected chi connectivity index (χ4v) is 1.82. The average Bonchev–Trinajstić information content (AvgIpc) is 2.92. The number of benzene rings is 1. The van der Waals surface area contributed by atoms with E-state index in [0.29, 0.717) is 35.6 Å². The Morgan fingerprint density at radius 3 is 2.89 bits per heavy atom. The second-order valence-corrected chi connectivity index (χ2v) is 3.98. The molecule has 0 aliphatic heterocycles. The van der Waals surface area contributed by atoms with Crippen LogP contribution in [0.5, 0.6) is 11.5 Å². The van der Waals surface area contributed by atoms with Gasteiger partial charge in [-0.2, -0.15) is 0 Å². The van der Waals surface area contributed by atoms with Gasteiger partial charge in [-0.05, 0) is 24.6 Å². The van der Waals surface area contributed by atoms with E-state index in [0.717, 1.165) is 5.56 Å². The van der Waals surface area contributed by atoms with Gasteiger partial charge in [0.05, 0.1) is 24.7 Å². The second-order valence-electron chi connectivity index (χ2n) is 3.57. The number of methoxy groups -OCH3 is 1. The van der Waals surface area contributed by atoms with Crippen LogP contribution in [0.25, 0.3) is 5.32 Å². The molecule has 2 aromatic rings. The van der Waals surface area contributed by atoms with Crippen LogP contribution < -0.4 is 9.47 Å². The molecule has 7 nitrogen and oxygen atoms in total. The Bertz CT molecular complexity index is 532. The molecule has 102 valence electrons. The lowest BCUT2D eigenvalue weighted by atomic mass is 10.2. The van der Waals surface area contributed by atoms with E-state index >= 15 is 0 Å². The number of nitrogens with one attached hydrogen (secondary N) is 1. The maximum Gasteiger partial charge on any atom is 0.179 e. The number of H-pyrrole nitrogens is 1. The molecule has 1 N–H and O–H groups in total. The average molecular weight is 283 g/mol. The molecule has 0 amide bonds. The van der Waals surface area contributed by atoms with E-state index in [1.807, 2.05) is 13.0 Å². The lowest BCUT2D eigenvalue weighted by Crippen LogP contribution is -1.97. The number of nitrogens with zero attached hydrogens (tertiary/aromatic N) is 4. The summed E-state index contributed by atoms with van der Waals surface area (Å²) in [5.41, 5.74) is 0.870. The minimum atomic E-state index is 0.295. The van der Waals surface area contributed by atoms with Gasteiger partial charge in [-0.15, -0.1) is 5.21 Å². The molecule has 0 unspecified atom stereocenters. The van der Waals surface area contributed by atoms with E-state index < -0.39 is 0 Å². The Morgan fingerprint density at radius 1 is 1.42 bits per heavy atom. The number of hydrogen-bond acceptors (Lipinski definition) is 5. The van der Waals surface area contributed by atoms with Gasteiger partial charge >= 0.3 is 0 Å². The molecule has 1 heterocycles. The predicted molar refractivity (Wildman–Crippen MR) is 70.1 cm³/mol. The first-order valence-corrected chi connectivity index (χ1v) is 6.02. The zero-order valence-electron chi connectivity index (χ0n) is 10.6. The van der Waals surface area contributed by atoms with Crippen LogP contribution >= 0.6 is 11.6 Å². The predicted octanol–water partition coefficient (Wildman–Crippen LogP) is 2.47. The minimum Gasteiger partial charge on any atom is -0.493 e. The van der Waals surface area contributed by atoms with Crippen LogP contribution in [0.1, 0.15) is 12.5 Å². The number of hydrogen-bond donors (Lipinski definition) is 1. The van der Waals surface area contributed by atoms with Crippen molar-refractivity contribution in [2.24, 2.45) is 0 Å². The van der Waals surface area contributed by atoms with Crippen LogP contribution in [0.3, 0.4) is 0 Å². The van der Waals surface area contributed by atoms with Gasteiger partial charge in [-0.25, -0.2) is 0 Å². The lowest BCUT2D eigenvalue weighted by molar-refractivity contribution is 0.311. The Hall–Kier alpha value is -2.02. The number of aromatic nitrogens is 4. The van der Waals surface area contributed by atoms with Gasteiger partial charge in [0.25, 0.3) is 0 Å². The summed E-state index contributed by atoms with van der Waals surface area (Å²) in [6, 6.07) is 3.60. The monoisotopic (exact) mass is 282 g/mol. The zero-order valence-corrected chi connectivity index (χ0v) is 11.3. The van der Waals surface area contributed by atoms with Crippen LogP contribution in [-0.2, 0) is 6.54 Å². The molecular formula is C11H13ClN5O2-. The highest BCUT2D eigenvalue weighted by Gasteiger charge is 2.11. The molecule has 1 aromatic carbocycles. The van der Waals surface area contributed by atoms with Crippen molar-refractivity contribution in [1.82, 2.24) is 20.6 Å². The third kappa shape index (κ3) is 3.25. The number of ether oxygens (including phenoxy) is 2. The third-order valence-electron chi connectivity index (χ3n) is 2.32. The van der Waals surface area contributed by atoms with Crippen molar-refractivity contribution in [2.75, 3.05) is 13.7 Å². The summed E-state index contributed by atoms with van der Waals surface area (Å²) < 4.78 is 10.7. The quantitative estimate of drug-likeness (QED) is 0.879. The molecule has 0 aliphatic carbocycles. The summed E-state index contributed by atoms with van der Waals surface area (Å²) >= 11 is 6.16. The van der Waals surface area contributed by atoms with Crippen LogP contribution in [-0.4, -0.2) is 34.3 Å². The van der Waals surface area contributed by atoms with Gasteiger partial charge in [-0.3, -0.25) is 15.4 Å². The van der Waals surface area contributed by atoms with Gasteiger partial charge in [-0.1, -0.05) is 11.6 Å². The van der Waals surface area contributed by atoms with Crippen molar-refractivity contribution in [2.45, 2.75) is 13.5 Å². The number of halogens is 1. The van der Waals surface area contributed by atoms with Crippen LogP contribution in [0.2, 0.25) is 5.02 Å². The summed E-state index contributed by atoms with van der Waals surface area (Å²) in [6.45, 7) is 2.78. The zero-order chi connectivity index (χ0) is 13.7. The minimum absolute atomic E-state index is 0.295. The van der Waals surface area contributed by atoms with E-state index in [4.69, 9.17) is 21.1 Å². The number of aromatic amines is 1. The number of rotatable bonds is 6. The Morgan fingerprint density at radius 2 is 2.26 bits per heavy atom. The Balaban J connectivity index is 2.15. The fourth-order valence-electron chi connectivity index (χ4n) is 1.53.